The summed E-state index contributed by atoms with van der Waals surface area (Å²) in [5, 5.41) is 15.2. The smallest absolute Gasteiger partial charge is 0.201 e. The lowest BCUT2D eigenvalue weighted by Crippen LogP contribution is -2.29. The van der Waals surface area contributed by atoms with Crippen LogP contribution in [0.1, 0.15) is 78.7 Å². The van der Waals surface area contributed by atoms with Gasteiger partial charge in [0.2, 0.25) is 5.85 Å². The molecule has 0 aromatic carbocycles. The van der Waals surface area contributed by atoms with E-state index in [2.05, 4.69) is 42.6 Å². The molecule has 1 aliphatic rings. The summed E-state index contributed by atoms with van der Waals surface area (Å²) in [6.45, 7) is 14.2. The molecular weight excluding hydrogens is 399 g/mol. The Morgan fingerprint density at radius 2 is 1.79 bits per heavy atom. The highest BCUT2D eigenvalue weighted by Crippen LogP contribution is 2.32. The zero-order chi connectivity index (χ0) is 21.7. The summed E-state index contributed by atoms with van der Waals surface area (Å²) >= 11 is 7.88. The van der Waals surface area contributed by atoms with E-state index in [0.29, 0.717) is 11.2 Å². The van der Waals surface area contributed by atoms with Crippen LogP contribution in [0.15, 0.2) is 10.3 Å². The van der Waals surface area contributed by atoms with Crippen molar-refractivity contribution in [1.82, 2.24) is 9.97 Å². The molecule has 1 fully saturated rings. The second-order valence-electron chi connectivity index (χ2n) is 7.14. The van der Waals surface area contributed by atoms with Crippen LogP contribution in [0, 0.1) is 6.92 Å². The first-order valence-corrected chi connectivity index (χ1v) is 11.3. The molecule has 0 amide bonds. The highest BCUT2D eigenvalue weighted by Gasteiger charge is 2.26. The van der Waals surface area contributed by atoms with Gasteiger partial charge in [-0.25, -0.2) is 19.4 Å². The van der Waals surface area contributed by atoms with Gasteiger partial charge in [0.15, 0.2) is 11.0 Å². The highest BCUT2D eigenvalue weighted by molar-refractivity contribution is 7.99. The summed E-state index contributed by atoms with van der Waals surface area (Å²) in [5.41, 5.74) is 0.881. The van der Waals surface area contributed by atoms with Gasteiger partial charge in [-0.3, -0.25) is 0 Å². The molecule has 1 N–H and O–H groups in total. The van der Waals surface area contributed by atoms with Gasteiger partial charge in [0.05, 0.1) is 6.04 Å². The quantitative estimate of drug-likeness (QED) is 0.184. The Hall–Kier alpha value is -0.920. The zero-order valence-corrected chi connectivity index (χ0v) is 19.7. The predicted molar refractivity (Wildman–Crippen MR) is 120 cm³/mol. The van der Waals surface area contributed by atoms with Crippen LogP contribution in [-0.4, -0.2) is 39.4 Å². The number of hydrogen-bond acceptors (Lipinski definition) is 6. The Morgan fingerprint density at radius 1 is 1.29 bits per heavy atom. The maximum atomic E-state index is 11.2. The van der Waals surface area contributed by atoms with Crippen molar-refractivity contribution in [2.24, 2.45) is 5.10 Å². The van der Waals surface area contributed by atoms with E-state index in [1.807, 2.05) is 11.9 Å². The lowest BCUT2D eigenvalue weighted by atomic mass is 10.2. The van der Waals surface area contributed by atoms with Crippen molar-refractivity contribution in [2.45, 2.75) is 97.1 Å². The molecule has 1 aliphatic carbocycles. The first-order chi connectivity index (χ1) is 13.1. The fourth-order valence-electron chi connectivity index (χ4n) is 2.44. The maximum Gasteiger partial charge on any atom is 0.201 e. The Labute approximate surface area is 179 Å². The molecule has 1 aromatic rings. The normalized spacial score (nSPS) is 13.9. The topological polar surface area (TPSA) is 61.6 Å². The predicted octanol–water partition coefficient (Wildman–Crippen LogP) is 6.41. The molecule has 0 bridgehead atoms. The molecule has 0 unspecified atom stereocenters. The summed E-state index contributed by atoms with van der Waals surface area (Å²) < 4.78 is 11.2. The van der Waals surface area contributed by atoms with E-state index in [4.69, 9.17) is 16.7 Å². The molecule has 8 heteroatoms. The molecule has 0 atom stereocenters. The van der Waals surface area contributed by atoms with Crippen molar-refractivity contribution in [3.05, 3.63) is 10.7 Å². The second-order valence-corrected chi connectivity index (χ2v) is 8.56. The van der Waals surface area contributed by atoms with Crippen molar-refractivity contribution in [3.63, 3.8) is 0 Å². The van der Waals surface area contributed by atoms with Gasteiger partial charge in [-0.1, -0.05) is 63.4 Å². The van der Waals surface area contributed by atoms with Crippen LogP contribution < -0.4 is 5.01 Å². The number of aromatic nitrogens is 2. The third-order valence-corrected chi connectivity index (χ3v) is 4.94. The van der Waals surface area contributed by atoms with Crippen LogP contribution in [-0.2, 0) is 0 Å². The van der Waals surface area contributed by atoms with E-state index in [1.165, 1.54) is 19.3 Å². The summed E-state index contributed by atoms with van der Waals surface area (Å²) in [6.07, 6.45) is 7.09. The van der Waals surface area contributed by atoms with E-state index >= 15 is 0 Å². The minimum atomic E-state index is -2.00. The fourth-order valence-corrected chi connectivity index (χ4v) is 3.35. The van der Waals surface area contributed by atoms with E-state index in [-0.39, 0.29) is 0 Å². The third-order valence-electron chi connectivity index (χ3n) is 3.52. The summed E-state index contributed by atoms with van der Waals surface area (Å²) in [7, 11) is 0. The molecule has 2 rings (SSSR count). The molecule has 1 aromatic heterocycles. The Bertz CT molecular complexity index is 572. The van der Waals surface area contributed by atoms with Crippen molar-refractivity contribution in [3.8, 4) is 0 Å². The van der Waals surface area contributed by atoms with Crippen LogP contribution in [0.4, 0.5) is 10.2 Å². The number of anilines is 1. The summed E-state index contributed by atoms with van der Waals surface area (Å²) in [6, 6.07) is 0.390. The molecule has 162 valence electrons. The number of hydrazone groups is 1. The van der Waals surface area contributed by atoms with Crippen LogP contribution >= 0.6 is 23.4 Å². The third kappa shape index (κ3) is 11.2. The van der Waals surface area contributed by atoms with E-state index in [0.717, 1.165) is 55.4 Å². The van der Waals surface area contributed by atoms with Gasteiger partial charge in [-0.15, -0.1) is 0 Å². The van der Waals surface area contributed by atoms with Crippen LogP contribution in [0.25, 0.3) is 0 Å². The zero-order valence-electron chi connectivity index (χ0n) is 18.1. The average molecular weight is 435 g/mol. The van der Waals surface area contributed by atoms with Gasteiger partial charge < -0.3 is 5.11 Å². The van der Waals surface area contributed by atoms with E-state index in [9.17, 15) is 4.39 Å². The van der Waals surface area contributed by atoms with Crippen molar-refractivity contribution >= 4 is 35.9 Å². The number of alkyl halides is 1. The summed E-state index contributed by atoms with van der Waals surface area (Å²) in [4.78, 5) is 8.99. The number of aliphatic hydroxyl groups is 1. The van der Waals surface area contributed by atoms with Crippen molar-refractivity contribution < 1.29 is 9.50 Å². The molecular formula is C20H36ClFN4OS. The molecule has 1 saturated carbocycles. The van der Waals surface area contributed by atoms with E-state index in [1.54, 1.807) is 11.8 Å². The largest absolute Gasteiger partial charge is 0.362 e. The molecule has 0 radical (unpaired) electrons. The second kappa shape index (κ2) is 14.1. The number of halogens is 2. The Morgan fingerprint density at radius 3 is 2.21 bits per heavy atom. The first kappa shape index (κ1) is 27.1. The Kier molecular flexibility index (Phi) is 13.7. The number of thioether (sulfide) groups is 1. The molecule has 0 spiro atoms. The van der Waals surface area contributed by atoms with E-state index < -0.39 is 5.85 Å². The van der Waals surface area contributed by atoms with Crippen molar-refractivity contribution in [1.29, 1.82) is 0 Å². The van der Waals surface area contributed by atoms with Crippen molar-refractivity contribution in [2.75, 3.05) is 10.8 Å². The van der Waals surface area contributed by atoms with Crippen LogP contribution in [0.3, 0.4) is 0 Å². The minimum Gasteiger partial charge on any atom is -0.362 e. The van der Waals surface area contributed by atoms with Crippen LogP contribution in [0.5, 0.6) is 0 Å². The lowest BCUT2D eigenvalue weighted by molar-refractivity contribution is -0.0515. The monoisotopic (exact) mass is 434 g/mol. The van der Waals surface area contributed by atoms with Gasteiger partial charge >= 0.3 is 0 Å². The Balaban J connectivity index is 0.000000777. The first-order valence-electron chi connectivity index (χ1n) is 9.92. The number of rotatable bonds is 6. The number of hydrogen-bond donors (Lipinski definition) is 1. The van der Waals surface area contributed by atoms with Gasteiger partial charge in [-0.05, 0) is 40.0 Å². The van der Waals surface area contributed by atoms with Gasteiger partial charge in [-0.2, -0.15) is 5.10 Å². The fraction of sp³-hybridized carbons (Fsp3) is 0.750. The highest BCUT2D eigenvalue weighted by atomic mass is 35.5. The SMILES string of the molecule is C=NN(c1nc(SCCC)nc(Cl)c1C)C1CCCC1.CC(C)(O)F.CCC. The molecule has 5 nitrogen and oxygen atoms in total. The van der Waals surface area contributed by atoms with Crippen LogP contribution in [0.2, 0.25) is 5.15 Å². The lowest BCUT2D eigenvalue weighted by Gasteiger charge is -2.26. The standard InChI is InChI=1S/C14H21ClN4S.C3H7FO.C3H8/c1-4-9-20-14-17-12(15)10(2)13(18-14)19(16-3)11-7-5-6-8-11;1-3(2,4)5;1-3-2/h11H,3-9H2,1-2H3;5H,1-2H3;3H2,1-2H3. The minimum absolute atomic E-state index is 0.390. The molecule has 28 heavy (non-hydrogen) atoms. The van der Waals surface area contributed by atoms with Gasteiger partial charge in [0.1, 0.15) is 5.15 Å². The van der Waals surface area contributed by atoms with Gasteiger partial charge in [0, 0.05) is 18.0 Å². The van der Waals surface area contributed by atoms with Gasteiger partial charge in [0.25, 0.3) is 0 Å². The average Bonchev–Trinajstić information content (AvgIpc) is 3.11. The molecule has 1 heterocycles. The summed E-state index contributed by atoms with van der Waals surface area (Å²) in [5.74, 6) is -0.199. The number of nitrogens with zero attached hydrogens (tertiary/aromatic N) is 4. The molecule has 0 aliphatic heterocycles. The molecule has 0 saturated heterocycles. The maximum absolute atomic E-state index is 11.2.